The third kappa shape index (κ3) is 9.36. The Labute approximate surface area is 303 Å². The lowest BCUT2D eigenvalue weighted by atomic mass is 9.78. The number of nitrogens with zero attached hydrogens (tertiary/aromatic N) is 2. The summed E-state index contributed by atoms with van der Waals surface area (Å²) in [6, 6.07) is 21.8. The number of hydrogen-bond acceptors (Lipinski definition) is 8. The normalized spacial score (nSPS) is 13.5. The van der Waals surface area contributed by atoms with Gasteiger partial charge in [-0.25, -0.2) is 17.6 Å². The van der Waals surface area contributed by atoms with E-state index in [2.05, 4.69) is 21.1 Å². The Hall–Kier alpha value is -4.68. The van der Waals surface area contributed by atoms with Crippen LogP contribution < -0.4 is 19.1 Å². The van der Waals surface area contributed by atoms with Crippen molar-refractivity contribution < 1.29 is 36.6 Å². The average Bonchev–Trinajstić information content (AvgIpc) is 3.63. The molecular formula is C38H43ClFN3O7S. The van der Waals surface area contributed by atoms with Gasteiger partial charge < -0.3 is 19.5 Å². The van der Waals surface area contributed by atoms with Gasteiger partial charge in [-0.15, -0.1) is 0 Å². The van der Waals surface area contributed by atoms with Crippen molar-refractivity contribution in [3.8, 4) is 11.5 Å². The monoisotopic (exact) mass is 739 g/mol. The summed E-state index contributed by atoms with van der Waals surface area (Å²) >= 11 is 6.01. The van der Waals surface area contributed by atoms with Crippen molar-refractivity contribution in [2.24, 2.45) is 0 Å². The van der Waals surface area contributed by atoms with E-state index in [1.807, 2.05) is 18.2 Å². The molecule has 1 N–H and O–H groups in total. The van der Waals surface area contributed by atoms with E-state index in [1.165, 1.54) is 44.7 Å². The Balaban J connectivity index is 0.000000230. The summed E-state index contributed by atoms with van der Waals surface area (Å²) in [5.74, 6) is -0.000233. The number of benzene rings is 3. The largest absolute Gasteiger partial charge is 0.496 e. The predicted octanol–water partition coefficient (Wildman–Crippen LogP) is 7.35. The van der Waals surface area contributed by atoms with Gasteiger partial charge in [-0.05, 0) is 75.2 Å². The van der Waals surface area contributed by atoms with Crippen molar-refractivity contribution in [3.63, 3.8) is 0 Å². The average molecular weight is 740 g/mol. The second-order valence-electron chi connectivity index (χ2n) is 12.3. The topological polar surface area (TPSA) is 124 Å². The molecule has 1 fully saturated rings. The van der Waals surface area contributed by atoms with Crippen molar-refractivity contribution in [3.05, 3.63) is 118 Å². The lowest BCUT2D eigenvalue weighted by Gasteiger charge is -2.31. The quantitative estimate of drug-likeness (QED) is 0.150. The minimum Gasteiger partial charge on any atom is -0.496 e. The van der Waals surface area contributed by atoms with Crippen molar-refractivity contribution in [1.29, 1.82) is 0 Å². The van der Waals surface area contributed by atoms with Crippen LogP contribution in [0.15, 0.2) is 85.1 Å². The maximum absolute atomic E-state index is 14.2. The Kier molecular flexibility index (Phi) is 13.4. The zero-order chi connectivity index (χ0) is 37.2. The van der Waals surface area contributed by atoms with Crippen molar-refractivity contribution in [2.45, 2.75) is 56.7 Å². The molecule has 272 valence electrons. The Bertz CT molecular complexity index is 1920. The van der Waals surface area contributed by atoms with E-state index in [1.54, 1.807) is 51.3 Å². The number of aromatic nitrogens is 1. The predicted molar refractivity (Wildman–Crippen MR) is 196 cm³/mol. The molecule has 0 unspecified atom stereocenters. The first-order valence-corrected chi connectivity index (χ1v) is 18.3. The fourth-order valence-electron chi connectivity index (χ4n) is 6.03. The molecule has 51 heavy (non-hydrogen) atoms. The second kappa shape index (κ2) is 17.5. The molecule has 1 amide bonds. The number of ether oxygens (including phenoxy) is 3. The highest BCUT2D eigenvalue weighted by atomic mass is 35.5. The third-order valence-electron chi connectivity index (χ3n) is 8.82. The first kappa shape index (κ1) is 39.1. The second-order valence-corrected chi connectivity index (χ2v) is 15.2. The summed E-state index contributed by atoms with van der Waals surface area (Å²) in [6.07, 6.45) is 5.61. The maximum atomic E-state index is 14.2. The van der Waals surface area contributed by atoms with Gasteiger partial charge in [0.05, 0.1) is 44.4 Å². The van der Waals surface area contributed by atoms with Crippen LogP contribution in [-0.4, -0.2) is 58.4 Å². The number of esters is 1. The number of para-hydroxylation sites is 2. The summed E-state index contributed by atoms with van der Waals surface area (Å²) in [6.45, 7) is 3.55. The number of anilines is 1. The van der Waals surface area contributed by atoms with Crippen LogP contribution >= 0.6 is 11.6 Å². The Morgan fingerprint density at radius 1 is 0.941 bits per heavy atom. The van der Waals surface area contributed by atoms with Crippen LogP contribution in [0.1, 0.15) is 71.5 Å². The van der Waals surface area contributed by atoms with Crippen LogP contribution in [0.25, 0.3) is 0 Å². The number of nitrogens with one attached hydrogen (secondary N) is 1. The summed E-state index contributed by atoms with van der Waals surface area (Å²) < 4.78 is 56.3. The highest BCUT2D eigenvalue weighted by Gasteiger charge is 2.38. The minimum atomic E-state index is -3.76. The van der Waals surface area contributed by atoms with Crippen LogP contribution in [0.4, 0.5) is 10.1 Å². The smallest absolute Gasteiger partial charge is 0.339 e. The molecule has 0 aliphatic heterocycles. The molecule has 0 bridgehead atoms. The van der Waals surface area contributed by atoms with Gasteiger partial charge in [0.1, 0.15) is 23.0 Å². The van der Waals surface area contributed by atoms with Gasteiger partial charge in [0.15, 0.2) is 0 Å². The number of amides is 1. The number of pyridine rings is 1. The molecule has 1 saturated carbocycles. The molecule has 1 aliphatic carbocycles. The highest BCUT2D eigenvalue weighted by molar-refractivity contribution is 7.93. The van der Waals surface area contributed by atoms with Gasteiger partial charge in [-0.2, -0.15) is 0 Å². The van der Waals surface area contributed by atoms with Gasteiger partial charge in [0, 0.05) is 34.3 Å². The summed E-state index contributed by atoms with van der Waals surface area (Å²) in [5.41, 5.74) is 2.14. The lowest BCUT2D eigenvalue weighted by Crippen LogP contribution is -2.39. The molecule has 0 spiro atoms. The number of carbonyl (C=O) groups is 2. The minimum absolute atomic E-state index is 0.00627. The fraction of sp³-hybridized carbons (Fsp3) is 0.342. The molecule has 0 atom stereocenters. The molecule has 1 heterocycles. The third-order valence-corrected chi connectivity index (χ3v) is 11.2. The number of halogens is 2. The van der Waals surface area contributed by atoms with E-state index in [0.29, 0.717) is 28.4 Å². The molecule has 10 nitrogen and oxygen atoms in total. The molecule has 0 radical (unpaired) electrons. The van der Waals surface area contributed by atoms with Crippen molar-refractivity contribution in [2.75, 3.05) is 32.2 Å². The summed E-state index contributed by atoms with van der Waals surface area (Å²) in [5, 5.41) is 2.76. The van der Waals surface area contributed by atoms with Gasteiger partial charge in [-0.3, -0.25) is 14.1 Å². The molecule has 13 heteroatoms. The maximum Gasteiger partial charge on any atom is 0.339 e. The number of methoxy groups -OCH3 is 3. The van der Waals surface area contributed by atoms with E-state index >= 15 is 0 Å². The van der Waals surface area contributed by atoms with Crippen molar-refractivity contribution in [1.82, 2.24) is 10.3 Å². The Morgan fingerprint density at radius 2 is 1.61 bits per heavy atom. The SMILES string of the molecule is COC(=O)c1ccc(C(=O)NCC2(c3ccccc3OC)CCCC2)nc1.COc1ccc(Cl)cc1CN(c1ccccc1F)S(=O)(=O)C(C)C. The van der Waals surface area contributed by atoms with E-state index in [0.717, 1.165) is 41.3 Å². The van der Waals surface area contributed by atoms with Gasteiger partial charge >= 0.3 is 5.97 Å². The van der Waals surface area contributed by atoms with E-state index < -0.39 is 27.1 Å². The standard InChI is InChI=1S/C21H24N2O4.C17H19ClFNO3S/c1-26-18-8-4-3-7-16(18)21(11-5-6-12-21)14-23-19(24)17-10-9-15(13-22-17)20(25)27-2;1-12(2)24(21,22)20(16-7-5-4-6-15(16)19)11-13-10-14(18)8-9-17(13)23-3/h3-4,7-10,13H,5-6,11-12,14H2,1-2H3,(H,23,24);4-10,12H,11H2,1-3H3. The zero-order valence-corrected chi connectivity index (χ0v) is 30.9. The summed E-state index contributed by atoms with van der Waals surface area (Å²) in [4.78, 5) is 28.1. The first-order chi connectivity index (χ1) is 24.4. The molecule has 1 aromatic heterocycles. The van der Waals surface area contributed by atoms with E-state index in [-0.39, 0.29) is 29.2 Å². The number of carbonyl (C=O) groups excluding carboxylic acids is 2. The van der Waals surface area contributed by atoms with Crippen LogP contribution in [0, 0.1) is 5.82 Å². The van der Waals surface area contributed by atoms with Gasteiger partial charge in [-0.1, -0.05) is 54.8 Å². The zero-order valence-electron chi connectivity index (χ0n) is 29.3. The first-order valence-electron chi connectivity index (χ1n) is 16.4. The van der Waals surface area contributed by atoms with E-state index in [4.69, 9.17) is 21.1 Å². The van der Waals surface area contributed by atoms with E-state index in [9.17, 15) is 22.4 Å². The Morgan fingerprint density at radius 3 is 2.22 bits per heavy atom. The van der Waals surface area contributed by atoms with Crippen LogP contribution in [-0.2, 0) is 26.7 Å². The van der Waals surface area contributed by atoms with Gasteiger partial charge in [0.2, 0.25) is 10.0 Å². The lowest BCUT2D eigenvalue weighted by molar-refractivity contribution is 0.0599. The fourth-order valence-corrected chi connectivity index (χ4v) is 7.47. The highest BCUT2D eigenvalue weighted by Crippen LogP contribution is 2.44. The van der Waals surface area contributed by atoms with Gasteiger partial charge in [0.25, 0.3) is 5.91 Å². The van der Waals surface area contributed by atoms with Crippen LogP contribution in [0.5, 0.6) is 11.5 Å². The molecule has 4 aromatic rings. The molecule has 1 aliphatic rings. The molecule has 5 rings (SSSR count). The number of hydrogen-bond donors (Lipinski definition) is 1. The summed E-state index contributed by atoms with van der Waals surface area (Å²) in [7, 11) is 0.708. The number of rotatable bonds is 12. The number of sulfonamides is 1. The molecular weight excluding hydrogens is 697 g/mol. The van der Waals surface area contributed by atoms with Crippen LogP contribution in [0.3, 0.4) is 0 Å². The van der Waals surface area contributed by atoms with Crippen molar-refractivity contribution >= 4 is 39.2 Å². The van der Waals surface area contributed by atoms with Crippen LogP contribution in [0.2, 0.25) is 5.02 Å². The molecule has 3 aromatic carbocycles. The molecule has 0 saturated heterocycles.